The fraction of sp³-hybridized carbons (Fsp3) is 0.938. The Bertz CT molecular complexity index is 438. The minimum Gasteiger partial charge on any atom is -0.314 e. The van der Waals surface area contributed by atoms with E-state index in [1.807, 2.05) is 0 Å². The van der Waals surface area contributed by atoms with Gasteiger partial charge in [-0.3, -0.25) is 9.59 Å². The van der Waals surface area contributed by atoms with Gasteiger partial charge in [-0.2, -0.15) is 5.06 Å². The molecular weight excluding hydrogens is 446 g/mol. The molecule has 4 heteroatoms. The molecule has 0 atom stereocenters. The summed E-state index contributed by atoms with van der Waals surface area (Å²) >= 11 is 0. The molecule has 0 heterocycles. The number of hydrogen-bond acceptors (Lipinski definition) is 4. The summed E-state index contributed by atoms with van der Waals surface area (Å²) in [6.07, 6.45) is 30.4. The van der Waals surface area contributed by atoms with Gasteiger partial charge in [-0.1, -0.05) is 142 Å². The molecule has 214 valence electrons. The van der Waals surface area contributed by atoms with Crippen molar-refractivity contribution in [2.75, 3.05) is 13.1 Å². The molecule has 0 amide bonds. The van der Waals surface area contributed by atoms with Crippen LogP contribution in [0.25, 0.3) is 0 Å². The van der Waals surface area contributed by atoms with Crippen LogP contribution < -0.4 is 0 Å². The van der Waals surface area contributed by atoms with E-state index in [0.717, 1.165) is 30.7 Å². The van der Waals surface area contributed by atoms with E-state index >= 15 is 0 Å². The van der Waals surface area contributed by atoms with Crippen LogP contribution in [0.15, 0.2) is 0 Å². The highest BCUT2D eigenvalue weighted by molar-refractivity contribution is 5.79. The summed E-state index contributed by atoms with van der Waals surface area (Å²) in [4.78, 5) is 24.1. The van der Waals surface area contributed by atoms with Crippen molar-refractivity contribution in [3.8, 4) is 0 Å². The van der Waals surface area contributed by atoms with Crippen LogP contribution in [-0.2, 0) is 9.59 Å². The highest BCUT2D eigenvalue weighted by Crippen LogP contribution is 2.14. The predicted molar refractivity (Wildman–Crippen MR) is 155 cm³/mol. The highest BCUT2D eigenvalue weighted by atomic mass is 16.5. The number of hydroxylamine groups is 2. The molecule has 0 aromatic carbocycles. The molecule has 0 radical (unpaired) electrons. The maximum Gasteiger partial charge on any atom is 0.134 e. The van der Waals surface area contributed by atoms with Crippen LogP contribution >= 0.6 is 0 Å². The van der Waals surface area contributed by atoms with Crippen molar-refractivity contribution in [3.63, 3.8) is 0 Å². The maximum atomic E-state index is 12.1. The lowest BCUT2D eigenvalue weighted by Crippen LogP contribution is -2.25. The van der Waals surface area contributed by atoms with E-state index in [4.69, 9.17) is 0 Å². The van der Waals surface area contributed by atoms with Crippen LogP contribution in [-0.4, -0.2) is 34.9 Å². The molecule has 0 aliphatic carbocycles. The first kappa shape index (κ1) is 35.3. The first-order valence-corrected chi connectivity index (χ1v) is 16.1. The number of unbranched alkanes of at least 4 members (excludes halogenated alkanes) is 20. The van der Waals surface area contributed by atoms with Gasteiger partial charge in [-0.05, 0) is 12.8 Å². The van der Waals surface area contributed by atoms with Crippen molar-refractivity contribution in [1.29, 1.82) is 0 Å². The largest absolute Gasteiger partial charge is 0.314 e. The summed E-state index contributed by atoms with van der Waals surface area (Å²) in [5.74, 6) is 0.467. The Balaban J connectivity index is 3.42. The van der Waals surface area contributed by atoms with Gasteiger partial charge in [0.1, 0.15) is 11.6 Å². The van der Waals surface area contributed by atoms with Gasteiger partial charge in [0.15, 0.2) is 0 Å². The Hall–Kier alpha value is -0.740. The molecule has 0 aliphatic rings. The molecule has 0 aliphatic heterocycles. The van der Waals surface area contributed by atoms with Crippen molar-refractivity contribution in [2.24, 2.45) is 0 Å². The van der Waals surface area contributed by atoms with Crippen LogP contribution in [0.1, 0.15) is 181 Å². The molecule has 0 rings (SSSR count). The first-order valence-electron chi connectivity index (χ1n) is 16.1. The van der Waals surface area contributed by atoms with E-state index < -0.39 is 0 Å². The summed E-state index contributed by atoms with van der Waals surface area (Å²) in [5.41, 5.74) is 0. The van der Waals surface area contributed by atoms with Gasteiger partial charge in [-0.25, -0.2) is 0 Å². The molecule has 0 fully saturated rings. The third-order valence-corrected chi connectivity index (χ3v) is 7.42. The average molecular weight is 510 g/mol. The fourth-order valence-electron chi connectivity index (χ4n) is 4.84. The van der Waals surface area contributed by atoms with Gasteiger partial charge in [0.05, 0.1) is 0 Å². The lowest BCUT2D eigenvalue weighted by Gasteiger charge is -2.13. The summed E-state index contributed by atoms with van der Waals surface area (Å²) < 4.78 is 0. The summed E-state index contributed by atoms with van der Waals surface area (Å²) in [5, 5.41) is 11.2. The number of ketones is 2. The molecule has 0 aromatic heterocycles. The number of rotatable bonds is 30. The fourth-order valence-corrected chi connectivity index (χ4v) is 4.84. The molecule has 0 saturated carbocycles. The molecule has 0 saturated heterocycles. The van der Waals surface area contributed by atoms with E-state index in [1.165, 1.54) is 116 Å². The molecule has 1 N–H and O–H groups in total. The molecule has 0 bridgehead atoms. The molecule has 36 heavy (non-hydrogen) atoms. The molecule has 0 aromatic rings. The van der Waals surface area contributed by atoms with E-state index in [9.17, 15) is 14.8 Å². The summed E-state index contributed by atoms with van der Waals surface area (Å²) in [6.45, 7) is 5.22. The number of hydrogen-bond donors (Lipinski definition) is 1. The predicted octanol–water partition coefficient (Wildman–Crippen LogP) is 10.00. The van der Waals surface area contributed by atoms with Crippen molar-refractivity contribution >= 4 is 11.6 Å². The van der Waals surface area contributed by atoms with E-state index in [2.05, 4.69) is 13.8 Å². The van der Waals surface area contributed by atoms with E-state index in [1.54, 1.807) is 0 Å². The second-order valence-corrected chi connectivity index (χ2v) is 11.1. The number of Topliss-reactive ketones (excluding diaryl/α,β-unsaturated/α-hetero) is 2. The van der Waals surface area contributed by atoms with Gasteiger partial charge in [-0.15, -0.1) is 0 Å². The summed E-state index contributed by atoms with van der Waals surface area (Å²) in [6, 6.07) is 0. The normalized spacial score (nSPS) is 11.4. The standard InChI is InChI=1S/C32H63NO3/c1-3-5-7-9-11-13-15-17-19-21-23-25-31(34)27-29-33(36)30-28-32(35)26-24-22-20-18-16-14-12-10-8-6-4-2/h36H,3-30H2,1-2H3. The zero-order valence-electron chi connectivity index (χ0n) is 24.5. The Morgan fingerprint density at radius 1 is 0.417 bits per heavy atom. The first-order chi connectivity index (χ1) is 17.6. The Morgan fingerprint density at radius 3 is 0.944 bits per heavy atom. The Morgan fingerprint density at radius 2 is 0.667 bits per heavy atom. The number of carbonyl (C=O) groups is 2. The van der Waals surface area contributed by atoms with Crippen LogP contribution in [0.4, 0.5) is 0 Å². The smallest absolute Gasteiger partial charge is 0.134 e. The van der Waals surface area contributed by atoms with Gasteiger partial charge < -0.3 is 5.21 Å². The number of carbonyl (C=O) groups excluding carboxylic acids is 2. The minimum atomic E-state index is 0.234. The van der Waals surface area contributed by atoms with Gasteiger partial charge in [0.25, 0.3) is 0 Å². The topological polar surface area (TPSA) is 57.6 Å². The third kappa shape index (κ3) is 27.8. The van der Waals surface area contributed by atoms with Crippen LogP contribution in [0.3, 0.4) is 0 Å². The van der Waals surface area contributed by atoms with Gasteiger partial charge in [0.2, 0.25) is 0 Å². The molecule has 4 nitrogen and oxygen atoms in total. The monoisotopic (exact) mass is 509 g/mol. The lowest BCUT2D eigenvalue weighted by atomic mass is 10.0. The zero-order valence-corrected chi connectivity index (χ0v) is 24.5. The average Bonchev–Trinajstić information content (AvgIpc) is 2.88. The number of nitrogens with zero attached hydrogens (tertiary/aromatic N) is 1. The minimum absolute atomic E-state index is 0.234. The van der Waals surface area contributed by atoms with Crippen molar-refractivity contribution < 1.29 is 14.8 Å². The van der Waals surface area contributed by atoms with Gasteiger partial charge >= 0.3 is 0 Å². The van der Waals surface area contributed by atoms with Crippen LogP contribution in [0.5, 0.6) is 0 Å². The van der Waals surface area contributed by atoms with Crippen molar-refractivity contribution in [2.45, 2.75) is 181 Å². The van der Waals surface area contributed by atoms with Crippen molar-refractivity contribution in [1.82, 2.24) is 5.06 Å². The second kappa shape index (κ2) is 28.8. The van der Waals surface area contributed by atoms with Crippen LogP contribution in [0.2, 0.25) is 0 Å². The SMILES string of the molecule is CCCCCCCCCCCCCC(=O)CCN(O)CCC(=O)CCCCCCCCCCCCC. The van der Waals surface area contributed by atoms with E-state index in [0.29, 0.717) is 38.8 Å². The third-order valence-electron chi connectivity index (χ3n) is 7.42. The zero-order chi connectivity index (χ0) is 26.5. The van der Waals surface area contributed by atoms with Crippen LogP contribution in [0, 0.1) is 0 Å². The Kier molecular flexibility index (Phi) is 28.2. The quantitative estimate of drug-likeness (QED) is 0.0773. The molecule has 0 spiro atoms. The molecular formula is C32H63NO3. The Labute approximate surface area is 225 Å². The lowest BCUT2D eigenvalue weighted by molar-refractivity contribution is -0.129. The summed E-state index contributed by atoms with van der Waals surface area (Å²) in [7, 11) is 0. The maximum absolute atomic E-state index is 12.1. The van der Waals surface area contributed by atoms with E-state index in [-0.39, 0.29) is 11.6 Å². The second-order valence-electron chi connectivity index (χ2n) is 11.1. The highest BCUT2D eigenvalue weighted by Gasteiger charge is 2.09. The molecule has 0 unspecified atom stereocenters. The van der Waals surface area contributed by atoms with Crippen molar-refractivity contribution in [3.05, 3.63) is 0 Å². The van der Waals surface area contributed by atoms with Gasteiger partial charge in [0, 0.05) is 38.8 Å².